The molecule has 1 fully saturated rings. The van der Waals surface area contributed by atoms with E-state index in [1.54, 1.807) is 0 Å². The van der Waals surface area contributed by atoms with Gasteiger partial charge in [0.2, 0.25) is 5.91 Å². The van der Waals surface area contributed by atoms with Crippen LogP contribution in [-0.2, 0) is 4.79 Å². The molecule has 1 aliphatic rings. The molecule has 90 valence electrons. The summed E-state index contributed by atoms with van der Waals surface area (Å²) >= 11 is 1.97. The third kappa shape index (κ3) is 4.89. The van der Waals surface area contributed by atoms with E-state index >= 15 is 0 Å². The summed E-state index contributed by atoms with van der Waals surface area (Å²) in [5, 5.41) is 11.7. The van der Waals surface area contributed by atoms with E-state index in [4.69, 9.17) is 5.26 Å². The summed E-state index contributed by atoms with van der Waals surface area (Å²) in [6.45, 7) is 4.12. The zero-order valence-electron chi connectivity index (χ0n) is 10.1. The van der Waals surface area contributed by atoms with Crippen molar-refractivity contribution in [1.29, 1.82) is 5.26 Å². The van der Waals surface area contributed by atoms with E-state index in [2.05, 4.69) is 11.4 Å². The maximum atomic E-state index is 11.6. The van der Waals surface area contributed by atoms with E-state index in [9.17, 15) is 4.79 Å². The quantitative estimate of drug-likeness (QED) is 0.819. The summed E-state index contributed by atoms with van der Waals surface area (Å²) in [4.78, 5) is 11.6. The lowest BCUT2D eigenvalue weighted by Crippen LogP contribution is -2.34. The molecule has 3 nitrogen and oxygen atoms in total. The number of hydrogen-bond acceptors (Lipinski definition) is 3. The number of nitriles is 1. The third-order valence-corrected chi connectivity index (χ3v) is 3.89. The van der Waals surface area contributed by atoms with E-state index < -0.39 is 5.41 Å². The molecule has 0 radical (unpaired) electrons. The van der Waals surface area contributed by atoms with Gasteiger partial charge in [0, 0.05) is 13.0 Å². The number of carbonyl (C=O) groups excluding carboxylic acids is 1. The van der Waals surface area contributed by atoms with E-state index in [0.717, 1.165) is 12.8 Å². The molecule has 0 saturated carbocycles. The van der Waals surface area contributed by atoms with E-state index in [-0.39, 0.29) is 5.91 Å². The minimum Gasteiger partial charge on any atom is -0.355 e. The highest BCUT2D eigenvalue weighted by molar-refractivity contribution is 7.99. The number of nitrogens with one attached hydrogen (secondary N) is 1. The molecule has 0 atom stereocenters. The fraction of sp³-hybridized carbons (Fsp3) is 0.833. The van der Waals surface area contributed by atoms with Crippen LogP contribution in [0.1, 0.15) is 33.1 Å². The minimum atomic E-state index is -0.460. The number of nitrogens with zero attached hydrogens (tertiary/aromatic N) is 1. The van der Waals surface area contributed by atoms with Crippen molar-refractivity contribution >= 4 is 17.7 Å². The van der Waals surface area contributed by atoms with Gasteiger partial charge in [0.15, 0.2) is 0 Å². The zero-order valence-corrected chi connectivity index (χ0v) is 10.9. The van der Waals surface area contributed by atoms with Gasteiger partial charge in [-0.1, -0.05) is 0 Å². The predicted octanol–water partition coefficient (Wildman–Crippen LogP) is 2.19. The standard InChI is InChI=1S/C12H20N2OS/c1-12(2,8-13)9-14-11(15)7-10-3-5-16-6-4-10/h10H,3-7,9H2,1-2H3,(H,14,15). The molecule has 0 aromatic carbocycles. The number of rotatable bonds is 4. The van der Waals surface area contributed by atoms with Crippen LogP contribution >= 0.6 is 11.8 Å². The van der Waals surface area contributed by atoms with Crippen molar-refractivity contribution in [2.24, 2.45) is 11.3 Å². The summed E-state index contributed by atoms with van der Waals surface area (Å²) in [6.07, 6.45) is 2.93. The van der Waals surface area contributed by atoms with E-state index in [1.165, 1.54) is 11.5 Å². The van der Waals surface area contributed by atoms with Crippen molar-refractivity contribution in [3.8, 4) is 6.07 Å². The number of thioether (sulfide) groups is 1. The van der Waals surface area contributed by atoms with Crippen LogP contribution in [0.2, 0.25) is 0 Å². The molecule has 0 aliphatic carbocycles. The summed E-state index contributed by atoms with van der Waals surface area (Å²) in [5.74, 6) is 3.01. The molecule has 1 aliphatic heterocycles. The molecule has 0 bridgehead atoms. The van der Waals surface area contributed by atoms with E-state index in [0.29, 0.717) is 18.9 Å². The van der Waals surface area contributed by atoms with Gasteiger partial charge in [-0.3, -0.25) is 4.79 Å². The Bertz CT molecular complexity index is 277. The first-order valence-corrected chi connectivity index (χ1v) is 6.95. The van der Waals surface area contributed by atoms with Gasteiger partial charge >= 0.3 is 0 Å². The third-order valence-electron chi connectivity index (χ3n) is 2.85. The Labute approximate surface area is 102 Å². The van der Waals surface area contributed by atoms with Crippen LogP contribution in [0.5, 0.6) is 0 Å². The second kappa shape index (κ2) is 6.15. The van der Waals surface area contributed by atoms with Gasteiger partial charge in [0.25, 0.3) is 0 Å². The maximum Gasteiger partial charge on any atom is 0.220 e. The number of carbonyl (C=O) groups is 1. The second-order valence-corrected chi connectivity index (χ2v) is 6.26. The van der Waals surface area contributed by atoms with Crippen molar-refractivity contribution in [2.75, 3.05) is 18.1 Å². The average molecular weight is 240 g/mol. The molecule has 0 aromatic heterocycles. The van der Waals surface area contributed by atoms with Crippen molar-refractivity contribution in [2.45, 2.75) is 33.1 Å². The second-order valence-electron chi connectivity index (χ2n) is 5.03. The Hall–Kier alpha value is -0.690. The van der Waals surface area contributed by atoms with Crippen LogP contribution in [0.15, 0.2) is 0 Å². The zero-order chi connectivity index (χ0) is 12.0. The van der Waals surface area contributed by atoms with Gasteiger partial charge in [0.1, 0.15) is 0 Å². The molecule has 16 heavy (non-hydrogen) atoms. The van der Waals surface area contributed by atoms with Crippen LogP contribution in [-0.4, -0.2) is 24.0 Å². The van der Waals surface area contributed by atoms with Crippen molar-refractivity contribution in [1.82, 2.24) is 5.32 Å². The summed E-state index contributed by atoms with van der Waals surface area (Å²) < 4.78 is 0. The maximum absolute atomic E-state index is 11.6. The monoisotopic (exact) mass is 240 g/mol. The largest absolute Gasteiger partial charge is 0.355 e. The summed E-state index contributed by atoms with van der Waals surface area (Å²) in [5.41, 5.74) is -0.460. The lowest BCUT2D eigenvalue weighted by molar-refractivity contribution is -0.122. The highest BCUT2D eigenvalue weighted by atomic mass is 32.2. The lowest BCUT2D eigenvalue weighted by atomic mass is 9.95. The fourth-order valence-electron chi connectivity index (χ4n) is 1.64. The molecular formula is C12H20N2OS. The summed E-state index contributed by atoms with van der Waals surface area (Å²) in [6, 6.07) is 2.18. The van der Waals surface area contributed by atoms with Gasteiger partial charge in [-0.05, 0) is 44.1 Å². The van der Waals surface area contributed by atoms with Gasteiger partial charge in [-0.15, -0.1) is 0 Å². The Morgan fingerprint density at radius 1 is 1.50 bits per heavy atom. The highest BCUT2D eigenvalue weighted by Gasteiger charge is 2.20. The first-order valence-electron chi connectivity index (χ1n) is 5.79. The molecule has 0 spiro atoms. The highest BCUT2D eigenvalue weighted by Crippen LogP contribution is 2.25. The molecular weight excluding hydrogens is 220 g/mol. The number of hydrogen-bond donors (Lipinski definition) is 1. The molecule has 1 N–H and O–H groups in total. The molecule has 0 unspecified atom stereocenters. The van der Waals surface area contributed by atoms with Crippen LogP contribution in [0, 0.1) is 22.7 Å². The van der Waals surface area contributed by atoms with Crippen molar-refractivity contribution < 1.29 is 4.79 Å². The van der Waals surface area contributed by atoms with Crippen LogP contribution in [0.3, 0.4) is 0 Å². The van der Waals surface area contributed by atoms with Gasteiger partial charge in [0.05, 0.1) is 11.5 Å². The molecule has 4 heteroatoms. The van der Waals surface area contributed by atoms with Crippen LogP contribution in [0.4, 0.5) is 0 Å². The predicted molar refractivity (Wildman–Crippen MR) is 67.1 cm³/mol. The lowest BCUT2D eigenvalue weighted by Gasteiger charge is -2.22. The first kappa shape index (κ1) is 13.4. The van der Waals surface area contributed by atoms with Crippen LogP contribution < -0.4 is 5.32 Å². The first-order chi connectivity index (χ1) is 7.53. The van der Waals surface area contributed by atoms with Crippen LogP contribution in [0.25, 0.3) is 0 Å². The fourth-order valence-corrected chi connectivity index (χ4v) is 2.85. The van der Waals surface area contributed by atoms with Gasteiger partial charge < -0.3 is 5.32 Å². The Balaban J connectivity index is 2.23. The molecule has 1 saturated heterocycles. The average Bonchev–Trinajstić information content (AvgIpc) is 2.28. The molecule has 1 amide bonds. The van der Waals surface area contributed by atoms with Gasteiger partial charge in [-0.25, -0.2) is 0 Å². The smallest absolute Gasteiger partial charge is 0.220 e. The Morgan fingerprint density at radius 3 is 2.69 bits per heavy atom. The Kier molecular flexibility index (Phi) is 5.14. The normalized spacial score (nSPS) is 17.8. The minimum absolute atomic E-state index is 0.0974. The molecule has 1 heterocycles. The molecule has 1 rings (SSSR count). The van der Waals surface area contributed by atoms with Gasteiger partial charge in [-0.2, -0.15) is 17.0 Å². The van der Waals surface area contributed by atoms with Crippen molar-refractivity contribution in [3.63, 3.8) is 0 Å². The molecule has 0 aromatic rings. The summed E-state index contributed by atoms with van der Waals surface area (Å²) in [7, 11) is 0. The van der Waals surface area contributed by atoms with Crippen molar-refractivity contribution in [3.05, 3.63) is 0 Å². The van der Waals surface area contributed by atoms with E-state index in [1.807, 2.05) is 25.6 Å². The SMILES string of the molecule is CC(C)(C#N)CNC(=O)CC1CCSCC1. The Morgan fingerprint density at radius 2 is 2.12 bits per heavy atom. The number of amides is 1. The topological polar surface area (TPSA) is 52.9 Å².